The molecule has 0 aliphatic carbocycles. The van der Waals surface area contributed by atoms with E-state index >= 15 is 0 Å². The number of rotatable bonds is 6. The molecule has 2 N–H and O–H groups in total. The highest BCUT2D eigenvalue weighted by Gasteiger charge is 2.14. The molecule has 0 bridgehead atoms. The SMILES string of the molecule is COc1ccc(-c2nc(NC(=O)c3ccc([N+](=O)[O-])cc3)n[nH]2)cc1OC. The van der Waals surface area contributed by atoms with Crippen molar-refractivity contribution in [3.63, 3.8) is 0 Å². The lowest BCUT2D eigenvalue weighted by molar-refractivity contribution is -0.384. The third-order valence-corrected chi connectivity index (χ3v) is 3.71. The van der Waals surface area contributed by atoms with Gasteiger partial charge in [-0.1, -0.05) is 0 Å². The van der Waals surface area contributed by atoms with E-state index in [1.165, 1.54) is 38.5 Å². The van der Waals surface area contributed by atoms with Crippen LogP contribution >= 0.6 is 0 Å². The number of carbonyl (C=O) groups is 1. The number of carbonyl (C=O) groups excluding carboxylic acids is 1. The van der Waals surface area contributed by atoms with Crippen molar-refractivity contribution in [2.24, 2.45) is 0 Å². The number of ether oxygens (including phenoxy) is 2. The van der Waals surface area contributed by atoms with Gasteiger partial charge in [-0.15, -0.1) is 5.10 Å². The number of nitrogens with zero attached hydrogens (tertiary/aromatic N) is 3. The van der Waals surface area contributed by atoms with Gasteiger partial charge in [-0.05, 0) is 30.3 Å². The van der Waals surface area contributed by atoms with Gasteiger partial charge in [-0.2, -0.15) is 4.98 Å². The minimum absolute atomic E-state index is 0.0723. The fraction of sp³-hybridized carbons (Fsp3) is 0.118. The number of aromatic nitrogens is 3. The Hall–Kier alpha value is -3.95. The van der Waals surface area contributed by atoms with E-state index in [-0.39, 0.29) is 17.2 Å². The van der Waals surface area contributed by atoms with E-state index in [4.69, 9.17) is 9.47 Å². The average Bonchev–Trinajstić information content (AvgIpc) is 3.15. The summed E-state index contributed by atoms with van der Waals surface area (Å²) < 4.78 is 10.4. The Kier molecular flexibility index (Phi) is 4.97. The molecular weight excluding hydrogens is 354 g/mol. The maximum Gasteiger partial charge on any atom is 0.269 e. The Balaban J connectivity index is 1.76. The number of H-pyrrole nitrogens is 1. The smallest absolute Gasteiger partial charge is 0.269 e. The highest BCUT2D eigenvalue weighted by molar-refractivity contribution is 6.03. The second-order valence-electron chi connectivity index (χ2n) is 5.34. The number of hydrogen-bond donors (Lipinski definition) is 2. The van der Waals surface area contributed by atoms with Gasteiger partial charge in [-0.25, -0.2) is 0 Å². The van der Waals surface area contributed by atoms with E-state index in [2.05, 4.69) is 20.5 Å². The van der Waals surface area contributed by atoms with Crippen LogP contribution in [-0.4, -0.2) is 40.2 Å². The number of amides is 1. The lowest BCUT2D eigenvalue weighted by atomic mass is 10.2. The van der Waals surface area contributed by atoms with Crippen LogP contribution in [0.3, 0.4) is 0 Å². The Morgan fingerprint density at radius 1 is 1.11 bits per heavy atom. The van der Waals surface area contributed by atoms with Gasteiger partial charge in [0.25, 0.3) is 11.6 Å². The number of nitro groups is 1. The largest absolute Gasteiger partial charge is 0.493 e. The predicted molar refractivity (Wildman–Crippen MR) is 96.0 cm³/mol. The molecule has 1 heterocycles. The number of anilines is 1. The van der Waals surface area contributed by atoms with Crippen molar-refractivity contribution in [1.29, 1.82) is 0 Å². The predicted octanol–water partition coefficient (Wildman–Crippen LogP) is 2.65. The van der Waals surface area contributed by atoms with Gasteiger partial charge in [0.2, 0.25) is 5.95 Å². The van der Waals surface area contributed by atoms with Crippen LogP contribution in [0.4, 0.5) is 11.6 Å². The van der Waals surface area contributed by atoms with Gasteiger partial charge in [0.15, 0.2) is 17.3 Å². The molecule has 1 aromatic heterocycles. The lowest BCUT2D eigenvalue weighted by Crippen LogP contribution is -2.12. The van der Waals surface area contributed by atoms with E-state index in [0.717, 1.165) is 0 Å². The van der Waals surface area contributed by atoms with E-state index in [1.807, 2.05) is 0 Å². The van der Waals surface area contributed by atoms with Crippen molar-refractivity contribution >= 4 is 17.5 Å². The van der Waals surface area contributed by atoms with Gasteiger partial charge in [0.05, 0.1) is 19.1 Å². The summed E-state index contributed by atoms with van der Waals surface area (Å²) in [6.07, 6.45) is 0. The highest BCUT2D eigenvalue weighted by atomic mass is 16.6. The van der Waals surface area contributed by atoms with Crippen LogP contribution in [0.2, 0.25) is 0 Å². The minimum atomic E-state index is -0.535. The molecular formula is C17H15N5O5. The van der Waals surface area contributed by atoms with Crippen LogP contribution in [0.15, 0.2) is 42.5 Å². The molecule has 0 spiro atoms. The maximum absolute atomic E-state index is 12.2. The number of aromatic amines is 1. The monoisotopic (exact) mass is 369 g/mol. The molecule has 0 saturated heterocycles. The van der Waals surface area contributed by atoms with Crippen LogP contribution in [0, 0.1) is 10.1 Å². The van der Waals surface area contributed by atoms with Crippen LogP contribution in [0.25, 0.3) is 11.4 Å². The fourth-order valence-electron chi connectivity index (χ4n) is 2.34. The molecule has 0 radical (unpaired) electrons. The Bertz CT molecular complexity index is 984. The Morgan fingerprint density at radius 3 is 2.44 bits per heavy atom. The minimum Gasteiger partial charge on any atom is -0.493 e. The van der Waals surface area contributed by atoms with Crippen LogP contribution in [-0.2, 0) is 0 Å². The molecule has 27 heavy (non-hydrogen) atoms. The Labute approximate surface area is 153 Å². The molecule has 10 nitrogen and oxygen atoms in total. The molecule has 1 amide bonds. The first kappa shape index (κ1) is 17.9. The average molecular weight is 369 g/mol. The van der Waals surface area contributed by atoms with Gasteiger partial charge < -0.3 is 9.47 Å². The first-order valence-electron chi connectivity index (χ1n) is 7.72. The van der Waals surface area contributed by atoms with Gasteiger partial charge in [-0.3, -0.25) is 25.3 Å². The summed E-state index contributed by atoms with van der Waals surface area (Å²) in [5.41, 5.74) is 0.842. The van der Waals surface area contributed by atoms with Crippen molar-refractivity contribution in [2.75, 3.05) is 19.5 Å². The summed E-state index contributed by atoms with van der Waals surface area (Å²) in [5, 5.41) is 19.9. The van der Waals surface area contributed by atoms with Crippen molar-refractivity contribution in [3.8, 4) is 22.9 Å². The molecule has 0 atom stereocenters. The normalized spacial score (nSPS) is 10.3. The second-order valence-corrected chi connectivity index (χ2v) is 5.34. The summed E-state index contributed by atoms with van der Waals surface area (Å²) in [5.74, 6) is 1.12. The van der Waals surface area contributed by atoms with Crippen molar-refractivity contribution in [3.05, 3.63) is 58.1 Å². The number of non-ortho nitro benzene ring substituents is 1. The van der Waals surface area contributed by atoms with Gasteiger partial charge in [0.1, 0.15) is 0 Å². The van der Waals surface area contributed by atoms with Gasteiger partial charge >= 0.3 is 0 Å². The molecule has 0 aliphatic heterocycles. The summed E-state index contributed by atoms with van der Waals surface area (Å²) >= 11 is 0. The maximum atomic E-state index is 12.2. The number of nitro benzene ring substituents is 1. The third kappa shape index (κ3) is 3.84. The van der Waals surface area contributed by atoms with Gasteiger partial charge in [0, 0.05) is 23.3 Å². The first-order valence-corrected chi connectivity index (χ1v) is 7.72. The standard InChI is InChI=1S/C17H15N5O5/c1-26-13-8-5-11(9-14(13)27-2)15-18-17(21-20-15)19-16(23)10-3-6-12(7-4-10)22(24)25/h3-9H,1-2H3,(H2,18,19,20,21,23). The molecule has 10 heteroatoms. The second kappa shape index (κ2) is 7.52. The number of hydrogen-bond acceptors (Lipinski definition) is 7. The Morgan fingerprint density at radius 2 is 1.81 bits per heavy atom. The van der Waals surface area contributed by atoms with E-state index in [1.54, 1.807) is 18.2 Å². The first-order chi connectivity index (χ1) is 13.0. The summed E-state index contributed by atoms with van der Waals surface area (Å²) in [4.78, 5) is 26.6. The molecule has 3 rings (SSSR count). The van der Waals surface area contributed by atoms with Crippen LogP contribution in [0.1, 0.15) is 10.4 Å². The number of methoxy groups -OCH3 is 2. The van der Waals surface area contributed by atoms with E-state index in [9.17, 15) is 14.9 Å². The zero-order valence-electron chi connectivity index (χ0n) is 14.4. The molecule has 0 aliphatic rings. The highest BCUT2D eigenvalue weighted by Crippen LogP contribution is 2.31. The van der Waals surface area contributed by atoms with Crippen molar-refractivity contribution < 1.29 is 19.2 Å². The van der Waals surface area contributed by atoms with E-state index < -0.39 is 10.8 Å². The lowest BCUT2D eigenvalue weighted by Gasteiger charge is -2.07. The molecule has 0 fully saturated rings. The van der Waals surface area contributed by atoms with E-state index in [0.29, 0.717) is 22.9 Å². The summed E-state index contributed by atoms with van der Waals surface area (Å²) in [7, 11) is 3.07. The van der Waals surface area contributed by atoms with Crippen molar-refractivity contribution in [1.82, 2.24) is 15.2 Å². The third-order valence-electron chi connectivity index (χ3n) is 3.71. The van der Waals surface area contributed by atoms with Crippen molar-refractivity contribution in [2.45, 2.75) is 0 Å². The topological polar surface area (TPSA) is 132 Å². The van der Waals surface area contributed by atoms with Crippen LogP contribution < -0.4 is 14.8 Å². The zero-order chi connectivity index (χ0) is 19.4. The molecule has 138 valence electrons. The zero-order valence-corrected chi connectivity index (χ0v) is 14.4. The molecule has 0 saturated carbocycles. The quantitative estimate of drug-likeness (QED) is 0.504. The fourth-order valence-corrected chi connectivity index (χ4v) is 2.34. The van der Waals surface area contributed by atoms with Crippen LogP contribution in [0.5, 0.6) is 11.5 Å². The summed E-state index contributed by atoms with van der Waals surface area (Å²) in [6, 6.07) is 10.4. The molecule has 2 aromatic carbocycles. The number of nitrogens with one attached hydrogen (secondary N) is 2. The molecule has 0 unspecified atom stereocenters. The summed E-state index contributed by atoms with van der Waals surface area (Å²) in [6.45, 7) is 0. The number of benzene rings is 2. The molecule has 3 aromatic rings.